The van der Waals surface area contributed by atoms with E-state index in [0.29, 0.717) is 4.48 Å². The molecule has 1 aromatic carbocycles. The van der Waals surface area contributed by atoms with Crippen LogP contribution in [0.5, 0.6) is 0 Å². The quantitative estimate of drug-likeness (QED) is 0.708. The van der Waals surface area contributed by atoms with Crippen molar-refractivity contribution < 1.29 is 4.79 Å². The fourth-order valence-electron chi connectivity index (χ4n) is 1.20. The molecule has 0 unspecified atom stereocenters. The van der Waals surface area contributed by atoms with E-state index in [1.54, 1.807) is 0 Å². The van der Waals surface area contributed by atoms with Crippen LogP contribution in [0.25, 0.3) is 0 Å². The van der Waals surface area contributed by atoms with Crippen LogP contribution >= 0.6 is 27.7 Å². The van der Waals surface area contributed by atoms with Crippen LogP contribution in [-0.4, -0.2) is 5.12 Å². The number of halogens is 1. The Morgan fingerprint density at radius 2 is 2.08 bits per heavy atom. The number of rotatable bonds is 0. The van der Waals surface area contributed by atoms with Crippen LogP contribution in [0.15, 0.2) is 39.7 Å². The minimum absolute atomic E-state index is 0.0879. The smallest absolute Gasteiger partial charge is 0.230 e. The Hall–Kier alpha value is -0.540. The van der Waals surface area contributed by atoms with Crippen molar-refractivity contribution in [1.82, 2.24) is 0 Å². The average molecular weight is 255 g/mol. The number of hydrogen-bond donors (Lipinski definition) is 0. The van der Waals surface area contributed by atoms with Crippen LogP contribution < -0.4 is 0 Å². The largest absolute Gasteiger partial charge is 0.281 e. The summed E-state index contributed by atoms with van der Waals surface area (Å²) in [6, 6.07) is 7.99. The Balaban J connectivity index is 2.44. The van der Waals surface area contributed by atoms with Crippen molar-refractivity contribution in [3.05, 3.63) is 40.4 Å². The summed E-state index contributed by atoms with van der Waals surface area (Å²) in [5.41, 5.74) is 1.22. The Morgan fingerprint density at radius 3 is 2.92 bits per heavy atom. The van der Waals surface area contributed by atoms with Crippen molar-refractivity contribution >= 4 is 32.8 Å². The molecule has 0 atom stereocenters. The van der Waals surface area contributed by atoms with Crippen molar-refractivity contribution in [3.8, 4) is 0 Å². The van der Waals surface area contributed by atoms with Gasteiger partial charge in [0.1, 0.15) is 0 Å². The molecule has 0 bridgehead atoms. The monoisotopic (exact) mass is 254 g/mol. The molecule has 0 aliphatic carbocycles. The summed E-state index contributed by atoms with van der Waals surface area (Å²) in [6.07, 6.45) is 2.75. The van der Waals surface area contributed by atoms with E-state index in [1.807, 2.05) is 24.3 Å². The van der Waals surface area contributed by atoms with E-state index in [2.05, 4.69) is 22.0 Å². The lowest BCUT2D eigenvalue weighted by Gasteiger charge is -2.01. The zero-order chi connectivity index (χ0) is 9.26. The highest BCUT2D eigenvalue weighted by atomic mass is 79.9. The third-order valence-electron chi connectivity index (χ3n) is 1.87. The first-order valence-electron chi connectivity index (χ1n) is 3.93. The zero-order valence-corrected chi connectivity index (χ0v) is 9.19. The lowest BCUT2D eigenvalue weighted by atomic mass is 10.1. The molecule has 0 fully saturated rings. The van der Waals surface area contributed by atoms with Crippen molar-refractivity contribution in [2.75, 3.05) is 0 Å². The van der Waals surface area contributed by atoms with Gasteiger partial charge in [0.25, 0.3) is 0 Å². The number of fused-ring (bicyclic) bond motifs is 1. The van der Waals surface area contributed by atoms with Gasteiger partial charge in [-0.25, -0.2) is 0 Å². The number of benzene rings is 1. The van der Waals surface area contributed by atoms with Crippen LogP contribution in [0.2, 0.25) is 0 Å². The summed E-state index contributed by atoms with van der Waals surface area (Å²) in [5.74, 6) is 0. The lowest BCUT2D eigenvalue weighted by Crippen LogP contribution is -1.87. The first kappa shape index (κ1) is 9.03. The maximum Gasteiger partial charge on any atom is 0.230 e. The number of carbonyl (C=O) groups is 1. The fraction of sp³-hybridized carbons (Fsp3) is 0.100. The first-order chi connectivity index (χ1) is 6.27. The van der Waals surface area contributed by atoms with Crippen LogP contribution in [0.1, 0.15) is 5.56 Å². The van der Waals surface area contributed by atoms with Crippen LogP contribution in [0.4, 0.5) is 0 Å². The number of carbonyl (C=O) groups excluding carboxylic acids is 1. The van der Waals surface area contributed by atoms with E-state index in [4.69, 9.17) is 0 Å². The first-order valence-corrected chi connectivity index (χ1v) is 5.54. The van der Waals surface area contributed by atoms with Gasteiger partial charge in [-0.15, -0.1) is 0 Å². The maximum absolute atomic E-state index is 11.4. The van der Waals surface area contributed by atoms with Gasteiger partial charge in [-0.2, -0.15) is 0 Å². The van der Waals surface area contributed by atoms with Gasteiger partial charge in [-0.05, 0) is 45.7 Å². The van der Waals surface area contributed by atoms with Crippen LogP contribution in [0.3, 0.4) is 0 Å². The molecule has 0 saturated carbocycles. The van der Waals surface area contributed by atoms with Crippen LogP contribution in [-0.2, 0) is 11.2 Å². The molecule has 0 radical (unpaired) electrons. The third kappa shape index (κ3) is 1.86. The molecule has 0 spiro atoms. The highest BCUT2D eigenvalue weighted by molar-refractivity contribution is 9.12. The van der Waals surface area contributed by atoms with Gasteiger partial charge in [0.2, 0.25) is 5.12 Å². The molecule has 3 heteroatoms. The molecule has 0 saturated heterocycles. The molecule has 66 valence electrons. The van der Waals surface area contributed by atoms with Gasteiger partial charge in [-0.3, -0.25) is 4.79 Å². The molecule has 0 aromatic heterocycles. The summed E-state index contributed by atoms with van der Waals surface area (Å²) in [4.78, 5) is 12.5. The second-order valence-corrected chi connectivity index (χ2v) is 4.62. The molecule has 0 N–H and O–H groups in total. The molecule has 1 aliphatic heterocycles. The molecule has 1 nitrogen and oxygen atoms in total. The minimum atomic E-state index is 0.0879. The summed E-state index contributed by atoms with van der Waals surface area (Å²) in [7, 11) is 0. The van der Waals surface area contributed by atoms with Crippen molar-refractivity contribution in [2.24, 2.45) is 0 Å². The SMILES string of the molecule is O=C1Sc2ccccc2CC=C1Br. The van der Waals surface area contributed by atoms with Gasteiger partial charge in [-0.1, -0.05) is 24.3 Å². The molecular weight excluding hydrogens is 248 g/mol. The average Bonchev–Trinajstić information content (AvgIpc) is 2.28. The predicted molar refractivity (Wildman–Crippen MR) is 58.0 cm³/mol. The highest BCUT2D eigenvalue weighted by Gasteiger charge is 2.14. The van der Waals surface area contributed by atoms with Crippen molar-refractivity contribution in [3.63, 3.8) is 0 Å². The Labute approximate surface area is 89.3 Å². The molecule has 1 heterocycles. The molecule has 1 aliphatic rings. The van der Waals surface area contributed by atoms with E-state index in [0.717, 1.165) is 11.3 Å². The van der Waals surface area contributed by atoms with Crippen molar-refractivity contribution in [1.29, 1.82) is 0 Å². The molecule has 0 amide bonds. The lowest BCUT2D eigenvalue weighted by molar-refractivity contribution is -0.107. The second-order valence-electron chi connectivity index (χ2n) is 2.75. The van der Waals surface area contributed by atoms with Gasteiger partial charge in [0.05, 0.1) is 4.48 Å². The van der Waals surface area contributed by atoms with E-state index in [-0.39, 0.29) is 5.12 Å². The summed E-state index contributed by atoms with van der Waals surface area (Å²) >= 11 is 4.54. The summed E-state index contributed by atoms with van der Waals surface area (Å²) < 4.78 is 0.675. The minimum Gasteiger partial charge on any atom is -0.281 e. The maximum atomic E-state index is 11.4. The Morgan fingerprint density at radius 1 is 1.31 bits per heavy atom. The second kappa shape index (κ2) is 3.68. The van der Waals surface area contributed by atoms with Crippen LogP contribution in [0, 0.1) is 0 Å². The van der Waals surface area contributed by atoms with E-state index in [1.165, 1.54) is 17.3 Å². The number of hydrogen-bond acceptors (Lipinski definition) is 2. The number of thioether (sulfide) groups is 1. The van der Waals surface area contributed by atoms with E-state index < -0.39 is 0 Å². The molecule has 1 aromatic rings. The van der Waals surface area contributed by atoms with Crippen molar-refractivity contribution in [2.45, 2.75) is 11.3 Å². The standard InChI is InChI=1S/C10H7BrOS/c11-8-6-5-7-3-1-2-4-9(7)13-10(8)12/h1-4,6H,5H2. The van der Waals surface area contributed by atoms with Gasteiger partial charge >= 0.3 is 0 Å². The highest BCUT2D eigenvalue weighted by Crippen LogP contribution is 2.31. The van der Waals surface area contributed by atoms with Gasteiger partial charge < -0.3 is 0 Å². The molecular formula is C10H7BrOS. The molecule has 2 rings (SSSR count). The zero-order valence-electron chi connectivity index (χ0n) is 6.79. The normalized spacial score (nSPS) is 16.1. The Bertz CT molecular complexity index is 384. The summed E-state index contributed by atoms with van der Waals surface area (Å²) in [6.45, 7) is 0. The van der Waals surface area contributed by atoms with E-state index >= 15 is 0 Å². The Kier molecular flexibility index (Phi) is 2.56. The van der Waals surface area contributed by atoms with Gasteiger partial charge in [0, 0.05) is 4.90 Å². The van der Waals surface area contributed by atoms with Gasteiger partial charge in [0.15, 0.2) is 0 Å². The summed E-state index contributed by atoms with van der Waals surface area (Å²) in [5, 5.41) is 0.0879. The molecule has 13 heavy (non-hydrogen) atoms. The topological polar surface area (TPSA) is 17.1 Å². The predicted octanol–water partition coefficient (Wildman–Crippen LogP) is 3.14. The fourth-order valence-corrected chi connectivity index (χ4v) is 2.42. The van der Waals surface area contributed by atoms with E-state index in [9.17, 15) is 4.79 Å². The third-order valence-corrected chi connectivity index (χ3v) is 3.84. The number of allylic oxidation sites excluding steroid dienone is 1.